The van der Waals surface area contributed by atoms with Crippen LogP contribution >= 0.6 is 0 Å². The summed E-state index contributed by atoms with van der Waals surface area (Å²) >= 11 is 0. The van der Waals surface area contributed by atoms with Gasteiger partial charge in [0.05, 0.1) is 6.04 Å². The molecular formula is C16H15FN2O. The molecule has 1 aliphatic heterocycles. The Morgan fingerprint density at radius 2 is 1.95 bits per heavy atom. The summed E-state index contributed by atoms with van der Waals surface area (Å²) in [6, 6.07) is 13.7. The molecule has 1 heterocycles. The van der Waals surface area contributed by atoms with Crippen LogP contribution in [0.1, 0.15) is 11.1 Å². The molecule has 0 spiro atoms. The van der Waals surface area contributed by atoms with Crippen molar-refractivity contribution < 1.29 is 9.18 Å². The van der Waals surface area contributed by atoms with Gasteiger partial charge in [-0.25, -0.2) is 4.39 Å². The van der Waals surface area contributed by atoms with E-state index in [1.807, 2.05) is 18.2 Å². The molecule has 0 aromatic heterocycles. The molecule has 102 valence electrons. The van der Waals surface area contributed by atoms with Gasteiger partial charge in [-0.3, -0.25) is 4.79 Å². The van der Waals surface area contributed by atoms with Crippen molar-refractivity contribution in [2.24, 2.45) is 0 Å². The van der Waals surface area contributed by atoms with Crippen molar-refractivity contribution in [1.29, 1.82) is 0 Å². The maximum absolute atomic E-state index is 13.1. The second-order valence-corrected chi connectivity index (χ2v) is 4.91. The van der Waals surface area contributed by atoms with Crippen molar-refractivity contribution in [3.8, 4) is 0 Å². The van der Waals surface area contributed by atoms with Crippen LogP contribution in [0, 0.1) is 5.82 Å². The van der Waals surface area contributed by atoms with E-state index in [0.29, 0.717) is 18.7 Å². The average Bonchev–Trinajstić information content (AvgIpc) is 2.47. The first-order valence-corrected chi connectivity index (χ1v) is 6.59. The molecule has 3 rings (SSSR count). The van der Waals surface area contributed by atoms with Crippen molar-refractivity contribution >= 4 is 11.6 Å². The Kier molecular flexibility index (Phi) is 3.48. The molecule has 1 atom stereocenters. The van der Waals surface area contributed by atoms with Crippen LogP contribution < -0.4 is 10.6 Å². The summed E-state index contributed by atoms with van der Waals surface area (Å²) in [5.74, 6) is -0.491. The first kappa shape index (κ1) is 12.8. The average molecular weight is 270 g/mol. The molecule has 2 aromatic carbocycles. The topological polar surface area (TPSA) is 41.1 Å². The van der Waals surface area contributed by atoms with Crippen molar-refractivity contribution in [3.05, 3.63) is 65.5 Å². The monoisotopic (exact) mass is 270 g/mol. The number of amides is 1. The Bertz CT molecular complexity index is 642. The number of carbonyl (C=O) groups is 1. The van der Waals surface area contributed by atoms with Crippen LogP contribution in [0.5, 0.6) is 0 Å². The smallest absolute Gasteiger partial charge is 0.241 e. The highest BCUT2D eigenvalue weighted by Gasteiger charge is 2.23. The normalized spacial score (nSPS) is 17.4. The first-order chi connectivity index (χ1) is 9.72. The first-order valence-electron chi connectivity index (χ1n) is 6.59. The van der Waals surface area contributed by atoms with Gasteiger partial charge in [0.2, 0.25) is 5.91 Å². The molecule has 1 aliphatic rings. The maximum atomic E-state index is 13.1. The van der Waals surface area contributed by atoms with Gasteiger partial charge in [-0.05, 0) is 35.7 Å². The molecule has 0 unspecified atom stereocenters. The third-order valence-electron chi connectivity index (χ3n) is 3.49. The van der Waals surface area contributed by atoms with Crippen LogP contribution in [-0.2, 0) is 17.8 Å². The Morgan fingerprint density at radius 3 is 2.75 bits per heavy atom. The molecule has 4 heteroatoms. The molecule has 2 aromatic rings. The predicted octanol–water partition coefficient (Wildman–Crippen LogP) is 2.48. The van der Waals surface area contributed by atoms with Crippen LogP contribution in [0.4, 0.5) is 10.1 Å². The van der Waals surface area contributed by atoms with Crippen molar-refractivity contribution in [1.82, 2.24) is 5.32 Å². The second kappa shape index (κ2) is 5.43. The zero-order valence-electron chi connectivity index (χ0n) is 10.9. The number of halogens is 1. The van der Waals surface area contributed by atoms with Gasteiger partial charge in [-0.2, -0.15) is 0 Å². The van der Waals surface area contributed by atoms with Crippen molar-refractivity contribution in [2.45, 2.75) is 19.0 Å². The third kappa shape index (κ3) is 2.70. The lowest BCUT2D eigenvalue weighted by atomic mass is 9.95. The number of fused-ring (bicyclic) bond motifs is 1. The summed E-state index contributed by atoms with van der Waals surface area (Å²) < 4.78 is 13.1. The van der Waals surface area contributed by atoms with E-state index in [1.54, 1.807) is 12.1 Å². The van der Waals surface area contributed by atoms with Gasteiger partial charge >= 0.3 is 0 Å². The predicted molar refractivity (Wildman–Crippen MR) is 75.8 cm³/mol. The Labute approximate surface area is 116 Å². The van der Waals surface area contributed by atoms with Gasteiger partial charge in [-0.1, -0.05) is 30.3 Å². The van der Waals surface area contributed by atoms with E-state index in [9.17, 15) is 9.18 Å². The van der Waals surface area contributed by atoms with E-state index >= 15 is 0 Å². The van der Waals surface area contributed by atoms with Crippen molar-refractivity contribution in [2.75, 3.05) is 5.32 Å². The van der Waals surface area contributed by atoms with E-state index in [2.05, 4.69) is 16.7 Å². The third-order valence-corrected chi connectivity index (χ3v) is 3.49. The SMILES string of the molecule is O=C(Nc1cccc(F)c1)[C@@H]1Cc2ccccc2CN1. The minimum Gasteiger partial charge on any atom is -0.325 e. The van der Waals surface area contributed by atoms with Crippen LogP contribution in [0.3, 0.4) is 0 Å². The van der Waals surface area contributed by atoms with E-state index in [0.717, 1.165) is 0 Å². The quantitative estimate of drug-likeness (QED) is 0.880. The lowest BCUT2D eigenvalue weighted by molar-refractivity contribution is -0.118. The largest absolute Gasteiger partial charge is 0.325 e. The number of benzene rings is 2. The Balaban J connectivity index is 1.70. The second-order valence-electron chi connectivity index (χ2n) is 4.91. The van der Waals surface area contributed by atoms with Gasteiger partial charge in [0.25, 0.3) is 0 Å². The fourth-order valence-electron chi connectivity index (χ4n) is 2.44. The highest BCUT2D eigenvalue weighted by molar-refractivity contribution is 5.95. The number of anilines is 1. The van der Waals surface area contributed by atoms with E-state index in [4.69, 9.17) is 0 Å². The molecule has 0 saturated heterocycles. The number of nitrogens with one attached hydrogen (secondary N) is 2. The Hall–Kier alpha value is -2.20. The molecule has 20 heavy (non-hydrogen) atoms. The standard InChI is InChI=1S/C16H15FN2O/c17-13-6-3-7-14(9-13)19-16(20)15-8-11-4-1-2-5-12(11)10-18-15/h1-7,9,15,18H,8,10H2,(H,19,20)/t15-/m0/s1. The maximum Gasteiger partial charge on any atom is 0.241 e. The minimum atomic E-state index is -0.357. The van der Waals surface area contributed by atoms with Crippen LogP contribution in [0.25, 0.3) is 0 Å². The minimum absolute atomic E-state index is 0.134. The zero-order valence-corrected chi connectivity index (χ0v) is 10.9. The van der Waals surface area contributed by atoms with E-state index in [-0.39, 0.29) is 17.8 Å². The molecule has 3 nitrogen and oxygen atoms in total. The summed E-state index contributed by atoms with van der Waals surface area (Å²) in [6.07, 6.45) is 0.650. The number of rotatable bonds is 2. The highest BCUT2D eigenvalue weighted by Crippen LogP contribution is 2.17. The van der Waals surface area contributed by atoms with Crippen LogP contribution in [-0.4, -0.2) is 11.9 Å². The van der Waals surface area contributed by atoms with Gasteiger partial charge in [0, 0.05) is 12.2 Å². The molecule has 0 saturated carbocycles. The van der Waals surface area contributed by atoms with Crippen LogP contribution in [0.15, 0.2) is 48.5 Å². The van der Waals surface area contributed by atoms with E-state index < -0.39 is 0 Å². The van der Waals surface area contributed by atoms with Gasteiger partial charge in [-0.15, -0.1) is 0 Å². The molecule has 0 radical (unpaired) electrons. The van der Waals surface area contributed by atoms with Gasteiger partial charge in [0.1, 0.15) is 5.82 Å². The summed E-state index contributed by atoms with van der Waals surface area (Å²) in [6.45, 7) is 0.678. The number of hydrogen-bond donors (Lipinski definition) is 2. The molecule has 0 fully saturated rings. The van der Waals surface area contributed by atoms with E-state index in [1.165, 1.54) is 23.3 Å². The summed E-state index contributed by atoms with van der Waals surface area (Å²) in [5, 5.41) is 5.95. The number of carbonyl (C=O) groups excluding carboxylic acids is 1. The molecule has 1 amide bonds. The lowest BCUT2D eigenvalue weighted by Crippen LogP contribution is -2.44. The zero-order chi connectivity index (χ0) is 13.9. The summed E-state index contributed by atoms with van der Waals surface area (Å²) in [7, 11) is 0. The summed E-state index contributed by atoms with van der Waals surface area (Å²) in [5.41, 5.74) is 2.89. The van der Waals surface area contributed by atoms with Crippen LogP contribution in [0.2, 0.25) is 0 Å². The fourth-order valence-corrected chi connectivity index (χ4v) is 2.44. The molecular weight excluding hydrogens is 255 g/mol. The molecule has 2 N–H and O–H groups in total. The van der Waals surface area contributed by atoms with Gasteiger partial charge in [0.15, 0.2) is 0 Å². The molecule has 0 bridgehead atoms. The number of hydrogen-bond acceptors (Lipinski definition) is 2. The highest BCUT2D eigenvalue weighted by atomic mass is 19.1. The fraction of sp³-hybridized carbons (Fsp3) is 0.188. The lowest BCUT2D eigenvalue weighted by Gasteiger charge is -2.25. The Morgan fingerprint density at radius 1 is 1.15 bits per heavy atom. The van der Waals surface area contributed by atoms with Gasteiger partial charge < -0.3 is 10.6 Å². The van der Waals surface area contributed by atoms with Crippen molar-refractivity contribution in [3.63, 3.8) is 0 Å². The molecule has 0 aliphatic carbocycles. The summed E-state index contributed by atoms with van der Waals surface area (Å²) in [4.78, 5) is 12.2.